The normalized spacial score (nSPS) is 23.3. The Morgan fingerprint density at radius 2 is 2.00 bits per heavy atom. The average Bonchev–Trinajstić information content (AvgIpc) is 2.70. The summed E-state index contributed by atoms with van der Waals surface area (Å²) < 4.78 is 0. The largest absolute Gasteiger partial charge is 0.273 e. The number of hydrogen-bond acceptors (Lipinski definition) is 5. The van der Waals surface area contributed by atoms with E-state index in [0.717, 1.165) is 12.2 Å². The lowest BCUT2D eigenvalue weighted by atomic mass is 10.4. The molecule has 2 rings (SSSR count). The van der Waals surface area contributed by atoms with Crippen molar-refractivity contribution in [2.75, 3.05) is 5.75 Å². The van der Waals surface area contributed by atoms with Crippen LogP contribution in [0.15, 0.2) is 24.4 Å². The van der Waals surface area contributed by atoms with E-state index in [2.05, 4.69) is 6.92 Å². The molecular weight excluding hydrogens is 268 g/mol. The summed E-state index contributed by atoms with van der Waals surface area (Å²) in [7, 11) is 3.44. The van der Waals surface area contributed by atoms with Gasteiger partial charge < -0.3 is 0 Å². The monoisotopic (exact) mass is 284 g/mol. The fourth-order valence-corrected chi connectivity index (χ4v) is 4.22. The van der Waals surface area contributed by atoms with Gasteiger partial charge in [-0.15, -0.1) is 0 Å². The summed E-state index contributed by atoms with van der Waals surface area (Å²) in [5, 5.41) is 3.03. The van der Waals surface area contributed by atoms with Crippen LogP contribution >= 0.6 is 21.6 Å². The highest BCUT2D eigenvalue weighted by Crippen LogP contribution is 2.34. The molecule has 0 radical (unpaired) electrons. The van der Waals surface area contributed by atoms with Crippen molar-refractivity contribution in [3.05, 3.63) is 24.4 Å². The number of amides is 2. The van der Waals surface area contributed by atoms with E-state index >= 15 is 0 Å². The smallest absolute Gasteiger partial charge is 0.248 e. The van der Waals surface area contributed by atoms with Gasteiger partial charge in [0.05, 0.1) is 0 Å². The molecule has 0 aliphatic carbocycles. The van der Waals surface area contributed by atoms with Crippen LogP contribution in [0, 0.1) is 0 Å². The quantitative estimate of drug-likeness (QED) is 0.441. The molecule has 6 heteroatoms. The van der Waals surface area contributed by atoms with Gasteiger partial charge in [0.25, 0.3) is 0 Å². The van der Waals surface area contributed by atoms with E-state index in [-0.39, 0.29) is 17.2 Å². The number of rotatable bonds is 5. The van der Waals surface area contributed by atoms with Gasteiger partial charge in [0.15, 0.2) is 0 Å². The molecule has 1 unspecified atom stereocenters. The topological polar surface area (TPSA) is 40.6 Å². The maximum absolute atomic E-state index is 11.7. The highest BCUT2D eigenvalue weighted by atomic mass is 33.1. The van der Waals surface area contributed by atoms with E-state index in [1.165, 1.54) is 5.01 Å². The Morgan fingerprint density at radius 3 is 2.67 bits per heavy atom. The Kier molecular flexibility index (Phi) is 4.77. The lowest BCUT2D eigenvalue weighted by molar-refractivity contribution is -0.152. The fourth-order valence-electron chi connectivity index (χ4n) is 1.75. The molecule has 4 nitrogen and oxygen atoms in total. The molecule has 0 aromatic heterocycles. The van der Waals surface area contributed by atoms with Gasteiger partial charge in [0.2, 0.25) is 11.8 Å². The third kappa shape index (κ3) is 2.92. The van der Waals surface area contributed by atoms with Gasteiger partial charge in [-0.25, -0.2) is 0 Å². The zero-order valence-corrected chi connectivity index (χ0v) is 11.9. The van der Waals surface area contributed by atoms with Crippen molar-refractivity contribution in [1.29, 1.82) is 0 Å². The predicted octanol–water partition coefficient (Wildman–Crippen LogP) is 2.55. The second-order valence-corrected chi connectivity index (χ2v) is 6.62. The first-order chi connectivity index (χ1) is 8.74. The van der Waals surface area contributed by atoms with Gasteiger partial charge in [-0.3, -0.25) is 14.6 Å². The second kappa shape index (κ2) is 6.33. The van der Waals surface area contributed by atoms with Crippen LogP contribution < -0.4 is 0 Å². The molecule has 98 valence electrons. The number of allylic oxidation sites excluding steroid dienone is 2. The lowest BCUT2D eigenvalue weighted by Crippen LogP contribution is -2.47. The molecule has 2 aliphatic heterocycles. The maximum Gasteiger partial charge on any atom is 0.248 e. The van der Waals surface area contributed by atoms with Gasteiger partial charge in [-0.05, 0) is 18.6 Å². The Labute approximate surface area is 115 Å². The molecule has 0 spiro atoms. The molecular formula is C12H16N2O2S2. The highest BCUT2D eigenvalue weighted by molar-refractivity contribution is 8.77. The summed E-state index contributed by atoms with van der Waals surface area (Å²) in [6.07, 6.45) is 9.37. The number of hydrazine groups is 1. The third-order valence-electron chi connectivity index (χ3n) is 2.60. The SMILES string of the molecule is CCCSSC1C=CC=CN1N1C(=O)CCC1=O. The molecule has 1 fully saturated rings. The van der Waals surface area contributed by atoms with Crippen LogP contribution in [-0.2, 0) is 9.59 Å². The summed E-state index contributed by atoms with van der Waals surface area (Å²) in [5.41, 5.74) is 0. The molecule has 0 N–H and O–H groups in total. The first-order valence-electron chi connectivity index (χ1n) is 6.01. The van der Waals surface area contributed by atoms with Crippen LogP contribution in [0.1, 0.15) is 26.2 Å². The zero-order chi connectivity index (χ0) is 13.0. The van der Waals surface area contributed by atoms with Gasteiger partial charge >= 0.3 is 0 Å². The van der Waals surface area contributed by atoms with Gasteiger partial charge in [0, 0.05) is 24.8 Å². The Morgan fingerprint density at radius 1 is 1.28 bits per heavy atom. The first kappa shape index (κ1) is 13.5. The Hall–Kier alpha value is -0.880. The minimum atomic E-state index is -0.106. The van der Waals surface area contributed by atoms with Crippen LogP contribution in [0.5, 0.6) is 0 Å². The van der Waals surface area contributed by atoms with Gasteiger partial charge in [0.1, 0.15) is 5.37 Å². The third-order valence-corrected chi connectivity index (χ3v) is 5.38. The van der Waals surface area contributed by atoms with E-state index in [1.807, 2.05) is 18.2 Å². The lowest BCUT2D eigenvalue weighted by Gasteiger charge is -2.34. The van der Waals surface area contributed by atoms with Crippen molar-refractivity contribution >= 4 is 33.4 Å². The van der Waals surface area contributed by atoms with E-state index in [9.17, 15) is 9.59 Å². The summed E-state index contributed by atoms with van der Waals surface area (Å²) in [5.74, 6) is 0.853. The number of carbonyl (C=O) groups excluding carboxylic acids is 2. The van der Waals surface area contributed by atoms with E-state index in [0.29, 0.717) is 12.8 Å². The Bertz CT molecular complexity index is 380. The standard InChI is InChI=1S/C12H16N2O2S2/c1-2-9-17-18-12-5-3-4-8-13(12)14-10(15)6-7-11(14)16/h3-5,8,12H,2,6-7,9H2,1H3. The fraction of sp³-hybridized carbons (Fsp3) is 0.500. The molecule has 1 saturated heterocycles. The van der Waals surface area contributed by atoms with Crippen molar-refractivity contribution in [3.63, 3.8) is 0 Å². The summed E-state index contributed by atoms with van der Waals surface area (Å²) in [6, 6.07) is 0. The average molecular weight is 284 g/mol. The summed E-state index contributed by atoms with van der Waals surface area (Å²) in [4.78, 5) is 23.5. The van der Waals surface area contributed by atoms with Crippen LogP contribution in [0.4, 0.5) is 0 Å². The number of nitrogens with zero attached hydrogens (tertiary/aromatic N) is 2. The minimum absolute atomic E-state index is 0.0116. The van der Waals surface area contributed by atoms with Crippen LogP contribution in [-0.4, -0.2) is 33.0 Å². The molecule has 0 aromatic carbocycles. The van der Waals surface area contributed by atoms with Gasteiger partial charge in [-0.2, -0.15) is 5.01 Å². The van der Waals surface area contributed by atoms with Crippen molar-refractivity contribution < 1.29 is 9.59 Å². The van der Waals surface area contributed by atoms with Crippen LogP contribution in [0.3, 0.4) is 0 Å². The molecule has 2 heterocycles. The molecule has 2 aliphatic rings. The van der Waals surface area contributed by atoms with E-state index in [1.54, 1.807) is 32.8 Å². The van der Waals surface area contributed by atoms with Crippen LogP contribution in [0.2, 0.25) is 0 Å². The van der Waals surface area contributed by atoms with E-state index in [4.69, 9.17) is 0 Å². The molecule has 0 aromatic rings. The Balaban J connectivity index is 2.04. The first-order valence-corrected chi connectivity index (χ1v) is 8.39. The number of hydrogen-bond donors (Lipinski definition) is 0. The van der Waals surface area contributed by atoms with Crippen molar-refractivity contribution in [2.24, 2.45) is 0 Å². The molecule has 18 heavy (non-hydrogen) atoms. The molecule has 0 bridgehead atoms. The van der Waals surface area contributed by atoms with Gasteiger partial charge in [-0.1, -0.05) is 34.6 Å². The highest BCUT2D eigenvalue weighted by Gasteiger charge is 2.36. The molecule has 1 atom stereocenters. The molecule has 0 saturated carbocycles. The summed E-state index contributed by atoms with van der Waals surface area (Å²) >= 11 is 0. The maximum atomic E-state index is 11.7. The zero-order valence-electron chi connectivity index (χ0n) is 10.2. The van der Waals surface area contributed by atoms with E-state index < -0.39 is 0 Å². The van der Waals surface area contributed by atoms with Crippen LogP contribution in [0.25, 0.3) is 0 Å². The predicted molar refractivity (Wildman–Crippen MR) is 75.3 cm³/mol. The summed E-state index contributed by atoms with van der Waals surface area (Å²) in [6.45, 7) is 2.13. The molecule has 2 amide bonds. The van der Waals surface area contributed by atoms with Crippen molar-refractivity contribution in [1.82, 2.24) is 10.0 Å². The second-order valence-electron chi connectivity index (χ2n) is 4.01. The minimum Gasteiger partial charge on any atom is -0.273 e. The number of carbonyl (C=O) groups is 2. The van der Waals surface area contributed by atoms with Crippen molar-refractivity contribution in [2.45, 2.75) is 31.6 Å². The number of imide groups is 1. The van der Waals surface area contributed by atoms with Crippen molar-refractivity contribution in [3.8, 4) is 0 Å².